The highest BCUT2D eigenvalue weighted by molar-refractivity contribution is 5.87. The predicted octanol–water partition coefficient (Wildman–Crippen LogP) is 2.66. The van der Waals surface area contributed by atoms with E-state index < -0.39 is 30.4 Å². The number of carbonyl (C=O) groups excluding carboxylic acids is 1. The molecule has 34 heavy (non-hydrogen) atoms. The van der Waals surface area contributed by atoms with E-state index in [1.807, 2.05) is 19.9 Å². The number of rotatable bonds is 9. The second kappa shape index (κ2) is 13.0. The van der Waals surface area contributed by atoms with Crippen LogP contribution in [0.3, 0.4) is 0 Å². The second-order valence-electron chi connectivity index (χ2n) is 9.48. The van der Waals surface area contributed by atoms with Crippen molar-refractivity contribution in [2.75, 3.05) is 0 Å². The summed E-state index contributed by atoms with van der Waals surface area (Å²) in [6.45, 7) is 11.4. The number of allylic oxidation sites excluding steroid dienone is 2. The number of aliphatic carboxylic acids is 1. The van der Waals surface area contributed by atoms with Crippen LogP contribution in [0.1, 0.15) is 53.4 Å². The summed E-state index contributed by atoms with van der Waals surface area (Å²) < 4.78 is 11.9. The molecule has 1 amide bonds. The molecule has 190 valence electrons. The molecular weight excluding hydrogens is 438 g/mol. The molecule has 2 rings (SSSR count). The summed E-state index contributed by atoms with van der Waals surface area (Å²) in [7, 11) is 0. The first-order valence-corrected chi connectivity index (χ1v) is 11.9. The van der Waals surface area contributed by atoms with Crippen LogP contribution in [0.2, 0.25) is 0 Å². The van der Waals surface area contributed by atoms with Crippen LogP contribution in [0.5, 0.6) is 0 Å². The van der Waals surface area contributed by atoms with Crippen molar-refractivity contribution in [2.24, 2.45) is 5.92 Å². The molecule has 8 nitrogen and oxygen atoms in total. The third kappa shape index (κ3) is 8.83. The third-order valence-electron chi connectivity index (χ3n) is 6.26. The Morgan fingerprint density at radius 3 is 2.62 bits per heavy atom. The van der Waals surface area contributed by atoms with Gasteiger partial charge in [-0.1, -0.05) is 43.4 Å². The quantitative estimate of drug-likeness (QED) is 0.229. The van der Waals surface area contributed by atoms with Crippen molar-refractivity contribution in [1.29, 1.82) is 0 Å². The minimum atomic E-state index is -0.943. The maximum absolute atomic E-state index is 12.0. The minimum absolute atomic E-state index is 0.00996. The van der Waals surface area contributed by atoms with E-state index in [9.17, 15) is 19.8 Å². The summed E-state index contributed by atoms with van der Waals surface area (Å²) in [5, 5.41) is 31.6. The van der Waals surface area contributed by atoms with Gasteiger partial charge in [0.25, 0.3) is 0 Å². The summed E-state index contributed by atoms with van der Waals surface area (Å²) in [6.07, 6.45) is 7.36. The van der Waals surface area contributed by atoms with Crippen molar-refractivity contribution in [2.45, 2.75) is 96.0 Å². The average Bonchev–Trinajstić information content (AvgIpc) is 2.74. The van der Waals surface area contributed by atoms with Crippen LogP contribution in [0, 0.1) is 5.92 Å². The fraction of sp³-hybridized carbons (Fsp3) is 0.615. The minimum Gasteiger partial charge on any atom is -0.481 e. The Hall–Kier alpha value is -2.26. The van der Waals surface area contributed by atoms with E-state index in [0.29, 0.717) is 18.4 Å². The van der Waals surface area contributed by atoms with Crippen LogP contribution in [0.15, 0.2) is 48.1 Å². The van der Waals surface area contributed by atoms with E-state index in [1.165, 1.54) is 12.2 Å². The number of amides is 1. The molecule has 0 spiro atoms. The zero-order chi connectivity index (χ0) is 25.4. The summed E-state index contributed by atoms with van der Waals surface area (Å²) in [4.78, 5) is 23.0. The van der Waals surface area contributed by atoms with E-state index in [1.54, 1.807) is 13.0 Å². The van der Waals surface area contributed by atoms with Crippen LogP contribution in [0.4, 0.5) is 0 Å². The van der Waals surface area contributed by atoms with Gasteiger partial charge in [-0.05, 0) is 51.5 Å². The second-order valence-corrected chi connectivity index (χ2v) is 9.48. The van der Waals surface area contributed by atoms with Gasteiger partial charge in [-0.3, -0.25) is 9.59 Å². The van der Waals surface area contributed by atoms with Crippen molar-refractivity contribution in [1.82, 2.24) is 5.32 Å². The van der Waals surface area contributed by atoms with Crippen molar-refractivity contribution in [3.63, 3.8) is 0 Å². The Bertz CT molecular complexity index is 816. The van der Waals surface area contributed by atoms with Crippen LogP contribution in [-0.4, -0.2) is 69.9 Å². The number of carbonyl (C=O) groups is 2. The monoisotopic (exact) mass is 477 g/mol. The first-order valence-electron chi connectivity index (χ1n) is 11.9. The van der Waals surface area contributed by atoms with Crippen molar-refractivity contribution in [3.8, 4) is 0 Å². The van der Waals surface area contributed by atoms with Crippen LogP contribution >= 0.6 is 0 Å². The van der Waals surface area contributed by atoms with Gasteiger partial charge in [0, 0.05) is 6.08 Å². The van der Waals surface area contributed by atoms with Gasteiger partial charge in [-0.2, -0.15) is 0 Å². The zero-order valence-electron chi connectivity index (χ0n) is 20.5. The first kappa shape index (κ1) is 28.0. The highest BCUT2D eigenvalue weighted by atomic mass is 16.5. The summed E-state index contributed by atoms with van der Waals surface area (Å²) in [5.41, 5.74) is 1.55. The van der Waals surface area contributed by atoms with Gasteiger partial charge in [-0.25, -0.2) is 0 Å². The van der Waals surface area contributed by atoms with E-state index in [0.717, 1.165) is 12.0 Å². The molecule has 0 bridgehead atoms. The first-order chi connectivity index (χ1) is 16.0. The van der Waals surface area contributed by atoms with E-state index in [-0.39, 0.29) is 36.5 Å². The van der Waals surface area contributed by atoms with E-state index in [4.69, 9.17) is 14.6 Å². The third-order valence-corrected chi connectivity index (χ3v) is 6.26. The van der Waals surface area contributed by atoms with Gasteiger partial charge < -0.3 is 30.1 Å². The number of nitrogens with one attached hydrogen (secondary N) is 1. The van der Waals surface area contributed by atoms with Crippen LogP contribution < -0.4 is 5.32 Å². The van der Waals surface area contributed by atoms with E-state index in [2.05, 4.69) is 24.9 Å². The maximum atomic E-state index is 12.0. The lowest BCUT2D eigenvalue weighted by Gasteiger charge is -2.39. The molecule has 0 unspecified atom stereocenters. The summed E-state index contributed by atoms with van der Waals surface area (Å²) in [6, 6.07) is -0.0980. The molecule has 2 aliphatic rings. The number of hydrogen-bond donors (Lipinski definition) is 4. The molecule has 2 fully saturated rings. The molecule has 2 aliphatic heterocycles. The highest BCUT2D eigenvalue weighted by Gasteiger charge is 2.34. The number of hydrogen-bond acceptors (Lipinski definition) is 6. The number of carboxylic acids is 1. The predicted molar refractivity (Wildman–Crippen MR) is 129 cm³/mol. The Balaban J connectivity index is 1.90. The average molecular weight is 478 g/mol. The smallest absolute Gasteiger partial charge is 0.305 e. The van der Waals surface area contributed by atoms with Crippen molar-refractivity contribution < 1.29 is 34.4 Å². The topological polar surface area (TPSA) is 125 Å². The van der Waals surface area contributed by atoms with Crippen molar-refractivity contribution >= 4 is 11.9 Å². The molecule has 0 aliphatic carbocycles. The fourth-order valence-electron chi connectivity index (χ4n) is 4.24. The Kier molecular flexibility index (Phi) is 10.7. The summed E-state index contributed by atoms with van der Waals surface area (Å²) >= 11 is 0. The standard InChI is InChI=1S/C26H39NO7/c1-15(7-10-23-26(32)17(3)12-20(34-23)14-25(30)31)6-9-22-16(2)13-21(19(5)33-22)27-24(29)11-8-18(4)28/h6-8,10-11,16,18-23,26,28,32H,3,9,12-14H2,1-2,4-5H3,(H,27,29)(H,30,31)/b10-7+,11-8-,15-6+/t16-,18-,19+,20-,21+,22-,23+,26+/m0/s1. The van der Waals surface area contributed by atoms with Gasteiger partial charge in [0.15, 0.2) is 0 Å². The van der Waals surface area contributed by atoms with Crippen molar-refractivity contribution in [3.05, 3.63) is 48.1 Å². The molecule has 0 aromatic rings. The number of aliphatic hydroxyl groups excluding tert-OH is 2. The van der Waals surface area contributed by atoms with Gasteiger partial charge in [-0.15, -0.1) is 0 Å². The Labute approximate surface area is 202 Å². The lowest BCUT2D eigenvalue weighted by atomic mass is 9.88. The highest BCUT2D eigenvalue weighted by Crippen LogP contribution is 2.29. The van der Waals surface area contributed by atoms with Crippen LogP contribution in [0.25, 0.3) is 0 Å². The maximum Gasteiger partial charge on any atom is 0.305 e. The number of carboxylic acid groups (broad SMARTS) is 1. The zero-order valence-corrected chi connectivity index (χ0v) is 20.5. The molecule has 4 N–H and O–H groups in total. The molecule has 0 aromatic carbocycles. The molecule has 8 heteroatoms. The van der Waals surface area contributed by atoms with Gasteiger partial charge in [0.1, 0.15) is 12.2 Å². The SMILES string of the molecule is C=C1C[C@@H](CC(=O)O)O[C@H](/C=C/C(C)=C/C[C@@H]2O[C@H](C)[C@H](NC(=O)/C=C\[C@H](C)O)C[C@@H]2C)[C@@H]1O. The Morgan fingerprint density at radius 2 is 1.97 bits per heavy atom. The van der Waals surface area contributed by atoms with Gasteiger partial charge in [0.2, 0.25) is 5.91 Å². The fourth-order valence-corrected chi connectivity index (χ4v) is 4.24. The number of ether oxygens (including phenoxy) is 2. The Morgan fingerprint density at radius 1 is 1.26 bits per heavy atom. The molecule has 0 aromatic heterocycles. The van der Waals surface area contributed by atoms with Gasteiger partial charge in [0.05, 0.1) is 36.9 Å². The largest absolute Gasteiger partial charge is 0.481 e. The van der Waals surface area contributed by atoms with E-state index >= 15 is 0 Å². The lowest BCUT2D eigenvalue weighted by Crippen LogP contribution is -2.50. The normalized spacial score (nSPS) is 33.9. The van der Waals surface area contributed by atoms with Crippen LogP contribution in [-0.2, 0) is 19.1 Å². The molecule has 2 saturated heterocycles. The number of aliphatic hydroxyl groups is 2. The molecule has 8 atom stereocenters. The van der Waals surface area contributed by atoms with Gasteiger partial charge >= 0.3 is 5.97 Å². The molecule has 0 radical (unpaired) electrons. The molecule has 2 heterocycles. The summed E-state index contributed by atoms with van der Waals surface area (Å²) in [5.74, 6) is -0.950. The molecule has 0 saturated carbocycles. The lowest BCUT2D eigenvalue weighted by molar-refractivity contribution is -0.143. The molecular formula is C26H39NO7.